The molecule has 1 aliphatic rings. The predicted octanol–water partition coefficient (Wildman–Crippen LogP) is 2.08. The van der Waals surface area contributed by atoms with E-state index >= 15 is 0 Å². The summed E-state index contributed by atoms with van der Waals surface area (Å²) in [6.45, 7) is 4.90. The summed E-state index contributed by atoms with van der Waals surface area (Å²) in [4.78, 5) is 28.3. The molecular weight excluding hydrogens is 374 g/mol. The second-order valence-electron chi connectivity index (χ2n) is 7.45. The highest BCUT2D eigenvalue weighted by molar-refractivity contribution is 7.13. The Hall–Kier alpha value is -2.32. The zero-order valence-electron chi connectivity index (χ0n) is 16.6. The summed E-state index contributed by atoms with van der Waals surface area (Å²) < 4.78 is 0. The number of likely N-dealkylation sites (tertiary alicyclic amines) is 1. The maximum absolute atomic E-state index is 12.3. The Morgan fingerprint density at radius 1 is 1.18 bits per heavy atom. The van der Waals surface area contributed by atoms with Gasteiger partial charge in [0.25, 0.3) is 5.91 Å². The molecule has 1 aromatic carbocycles. The topological polar surface area (TPSA) is 78.4 Å². The Morgan fingerprint density at radius 2 is 1.86 bits per heavy atom. The third kappa shape index (κ3) is 5.36. The van der Waals surface area contributed by atoms with Crippen LogP contribution in [-0.4, -0.2) is 59.0 Å². The summed E-state index contributed by atoms with van der Waals surface area (Å²) in [6, 6.07) is 8.07. The van der Waals surface area contributed by atoms with Gasteiger partial charge in [0.05, 0.1) is 6.54 Å². The minimum Gasteiger partial charge on any atom is -0.349 e. The van der Waals surface area contributed by atoms with Crippen LogP contribution in [0.5, 0.6) is 0 Å². The first-order chi connectivity index (χ1) is 13.4. The van der Waals surface area contributed by atoms with Crippen molar-refractivity contribution in [1.29, 1.82) is 0 Å². The van der Waals surface area contributed by atoms with Gasteiger partial charge in [-0.1, -0.05) is 41.2 Å². The molecule has 2 amide bonds. The zero-order chi connectivity index (χ0) is 20.1. The fourth-order valence-corrected chi connectivity index (χ4v) is 4.07. The van der Waals surface area contributed by atoms with Gasteiger partial charge in [0.1, 0.15) is 5.01 Å². The third-order valence-corrected chi connectivity index (χ3v) is 5.88. The molecule has 7 nitrogen and oxygen atoms in total. The lowest BCUT2D eigenvalue weighted by Crippen LogP contribution is -2.39. The molecule has 1 saturated heterocycles. The van der Waals surface area contributed by atoms with Crippen LogP contribution in [0.25, 0.3) is 0 Å². The van der Waals surface area contributed by atoms with Gasteiger partial charge in [-0.25, -0.2) is 0 Å². The van der Waals surface area contributed by atoms with Crippen molar-refractivity contribution in [3.8, 4) is 0 Å². The number of aromatic nitrogens is 2. The minimum absolute atomic E-state index is 0.115. The van der Waals surface area contributed by atoms with Crippen molar-refractivity contribution in [3.63, 3.8) is 0 Å². The minimum atomic E-state index is -0.195. The molecule has 1 aliphatic heterocycles. The van der Waals surface area contributed by atoms with Crippen molar-refractivity contribution in [2.75, 3.05) is 27.2 Å². The Kier molecular flexibility index (Phi) is 6.74. The molecule has 0 unspecified atom stereocenters. The Morgan fingerprint density at radius 3 is 2.50 bits per heavy atom. The van der Waals surface area contributed by atoms with E-state index in [1.807, 2.05) is 31.2 Å². The lowest BCUT2D eigenvalue weighted by molar-refractivity contribution is -0.134. The second kappa shape index (κ2) is 9.25. The van der Waals surface area contributed by atoms with Crippen LogP contribution >= 0.6 is 11.3 Å². The molecule has 0 bridgehead atoms. The first-order valence-corrected chi connectivity index (χ1v) is 10.3. The van der Waals surface area contributed by atoms with Crippen LogP contribution in [0.4, 0.5) is 0 Å². The van der Waals surface area contributed by atoms with Gasteiger partial charge in [0, 0.05) is 26.6 Å². The molecule has 3 rings (SSSR count). The molecule has 150 valence electrons. The molecule has 2 heterocycles. The average Bonchev–Trinajstić information content (AvgIpc) is 3.16. The maximum Gasteiger partial charge on any atom is 0.282 e. The van der Waals surface area contributed by atoms with Gasteiger partial charge in [-0.3, -0.25) is 14.5 Å². The fraction of sp³-hybridized carbons (Fsp3) is 0.500. The highest BCUT2D eigenvalue weighted by Gasteiger charge is 2.26. The summed E-state index contributed by atoms with van der Waals surface area (Å²) in [5.74, 6) is 0.131. The Labute approximate surface area is 169 Å². The largest absolute Gasteiger partial charge is 0.349 e. The molecule has 8 heteroatoms. The summed E-state index contributed by atoms with van der Waals surface area (Å²) in [6.07, 6.45) is 1.72. The number of carbonyl (C=O) groups excluding carboxylic acids is 2. The summed E-state index contributed by atoms with van der Waals surface area (Å²) in [5.41, 5.74) is 2.25. The number of amides is 2. The van der Waals surface area contributed by atoms with E-state index in [0.717, 1.165) is 36.5 Å². The molecular formula is C20H27N5O2S. The van der Waals surface area contributed by atoms with Crippen LogP contribution < -0.4 is 5.32 Å². The van der Waals surface area contributed by atoms with Crippen molar-refractivity contribution < 1.29 is 9.59 Å². The molecule has 1 aromatic heterocycles. The first kappa shape index (κ1) is 20.4. The Balaban J connectivity index is 1.47. The monoisotopic (exact) mass is 401 g/mol. The van der Waals surface area contributed by atoms with E-state index in [9.17, 15) is 9.59 Å². The molecule has 0 spiro atoms. The van der Waals surface area contributed by atoms with Crippen molar-refractivity contribution in [2.24, 2.45) is 5.92 Å². The van der Waals surface area contributed by atoms with E-state index in [1.54, 1.807) is 19.0 Å². The van der Waals surface area contributed by atoms with E-state index in [4.69, 9.17) is 0 Å². The van der Waals surface area contributed by atoms with Crippen molar-refractivity contribution in [1.82, 2.24) is 25.3 Å². The van der Waals surface area contributed by atoms with E-state index in [2.05, 4.69) is 20.4 Å². The third-order valence-electron chi connectivity index (χ3n) is 4.97. The first-order valence-electron chi connectivity index (χ1n) is 9.52. The smallest absolute Gasteiger partial charge is 0.282 e. The van der Waals surface area contributed by atoms with Crippen LogP contribution in [0.2, 0.25) is 0 Å². The van der Waals surface area contributed by atoms with Gasteiger partial charge < -0.3 is 10.2 Å². The van der Waals surface area contributed by atoms with Crippen molar-refractivity contribution >= 4 is 23.2 Å². The van der Waals surface area contributed by atoms with E-state index in [0.29, 0.717) is 18.1 Å². The molecule has 2 aromatic rings. The van der Waals surface area contributed by atoms with Gasteiger partial charge in [-0.05, 0) is 38.4 Å². The lowest BCUT2D eigenvalue weighted by Gasteiger charge is -2.31. The average molecular weight is 402 g/mol. The lowest BCUT2D eigenvalue weighted by atomic mass is 9.95. The van der Waals surface area contributed by atoms with Crippen LogP contribution in [0.15, 0.2) is 24.3 Å². The quantitative estimate of drug-likeness (QED) is 0.802. The van der Waals surface area contributed by atoms with Gasteiger partial charge in [0.2, 0.25) is 10.9 Å². The molecule has 1 fully saturated rings. The summed E-state index contributed by atoms with van der Waals surface area (Å²) in [5, 5.41) is 12.3. The number of nitrogens with one attached hydrogen (secondary N) is 1. The molecule has 28 heavy (non-hydrogen) atoms. The van der Waals surface area contributed by atoms with Crippen LogP contribution in [0, 0.1) is 12.8 Å². The molecule has 0 radical (unpaired) electrons. The van der Waals surface area contributed by atoms with E-state index < -0.39 is 0 Å². The zero-order valence-corrected chi connectivity index (χ0v) is 17.5. The number of benzene rings is 1. The Bertz CT molecular complexity index is 810. The maximum atomic E-state index is 12.3. The van der Waals surface area contributed by atoms with Gasteiger partial charge in [0.15, 0.2) is 0 Å². The van der Waals surface area contributed by atoms with Gasteiger partial charge in [-0.15, -0.1) is 10.2 Å². The number of carbonyl (C=O) groups is 2. The van der Waals surface area contributed by atoms with Crippen molar-refractivity contribution in [2.45, 2.75) is 32.9 Å². The number of piperidine rings is 1. The summed E-state index contributed by atoms with van der Waals surface area (Å²) in [7, 11) is 3.61. The van der Waals surface area contributed by atoms with E-state index in [1.165, 1.54) is 16.9 Å². The second-order valence-corrected chi connectivity index (χ2v) is 8.51. The highest BCUT2D eigenvalue weighted by atomic mass is 32.1. The fourth-order valence-electron chi connectivity index (χ4n) is 3.27. The number of hydrogen-bond donors (Lipinski definition) is 1. The van der Waals surface area contributed by atoms with Crippen LogP contribution in [-0.2, 0) is 17.9 Å². The molecule has 0 saturated carbocycles. The summed E-state index contributed by atoms with van der Waals surface area (Å²) >= 11 is 1.33. The normalized spacial score (nSPS) is 15.4. The van der Waals surface area contributed by atoms with Crippen molar-refractivity contribution in [3.05, 3.63) is 45.4 Å². The number of rotatable bonds is 6. The molecule has 0 aliphatic carbocycles. The molecule has 0 atom stereocenters. The molecule has 1 N–H and O–H groups in total. The highest BCUT2D eigenvalue weighted by Crippen LogP contribution is 2.21. The predicted molar refractivity (Wildman–Crippen MR) is 109 cm³/mol. The van der Waals surface area contributed by atoms with Crippen LogP contribution in [0.3, 0.4) is 0 Å². The standard InChI is InChI=1S/C20H27N5O2S/c1-14-4-6-15(7-5-14)12-21-18(26)19-23-22-17(28-19)13-25-10-8-16(9-11-25)20(27)24(2)3/h4-7,16H,8-13H2,1-3H3,(H,21,26). The number of nitrogens with zero attached hydrogens (tertiary/aromatic N) is 4. The van der Waals surface area contributed by atoms with Gasteiger partial charge in [-0.2, -0.15) is 0 Å². The van der Waals surface area contributed by atoms with E-state index in [-0.39, 0.29) is 17.7 Å². The number of aryl methyl sites for hydroxylation is 1. The number of hydrogen-bond acceptors (Lipinski definition) is 6. The van der Waals surface area contributed by atoms with Gasteiger partial charge >= 0.3 is 0 Å². The SMILES string of the molecule is Cc1ccc(CNC(=O)c2nnc(CN3CCC(C(=O)N(C)C)CC3)s2)cc1. The van der Waals surface area contributed by atoms with Crippen LogP contribution in [0.1, 0.15) is 38.8 Å².